The van der Waals surface area contributed by atoms with Crippen molar-refractivity contribution in [3.05, 3.63) is 0 Å². The molecule has 92 valence electrons. The molecule has 2 nitrogen and oxygen atoms in total. The highest BCUT2D eigenvalue weighted by molar-refractivity contribution is 4.70. The second-order valence-corrected chi connectivity index (χ2v) is 5.63. The molecule has 0 aromatic carbocycles. The average molecular weight is 214 g/mol. The van der Waals surface area contributed by atoms with Crippen LogP contribution < -0.4 is 5.32 Å². The highest BCUT2D eigenvalue weighted by atomic mass is 15.1. The van der Waals surface area contributed by atoms with Crippen molar-refractivity contribution in [1.82, 2.24) is 10.2 Å². The van der Waals surface area contributed by atoms with Gasteiger partial charge >= 0.3 is 0 Å². The Morgan fingerprint density at radius 2 is 1.60 bits per heavy atom. The van der Waals surface area contributed by atoms with Gasteiger partial charge in [-0.2, -0.15) is 0 Å². The van der Waals surface area contributed by atoms with Gasteiger partial charge < -0.3 is 10.2 Å². The van der Waals surface area contributed by atoms with E-state index in [-0.39, 0.29) is 0 Å². The summed E-state index contributed by atoms with van der Waals surface area (Å²) in [5.74, 6) is 1.59. The molecule has 0 aromatic heterocycles. The van der Waals surface area contributed by atoms with Gasteiger partial charge in [-0.25, -0.2) is 0 Å². The minimum atomic E-state index is 0.678. The second kappa shape index (κ2) is 8.12. The van der Waals surface area contributed by atoms with Gasteiger partial charge in [0.1, 0.15) is 0 Å². The van der Waals surface area contributed by atoms with Crippen LogP contribution in [0.5, 0.6) is 0 Å². The van der Waals surface area contributed by atoms with E-state index in [0.29, 0.717) is 6.04 Å². The summed E-state index contributed by atoms with van der Waals surface area (Å²) in [6.07, 6.45) is 2.56. The zero-order valence-corrected chi connectivity index (χ0v) is 11.5. The molecule has 0 aromatic rings. The number of hydrogen-bond donors (Lipinski definition) is 1. The lowest BCUT2D eigenvalue weighted by molar-refractivity contribution is 0.246. The molecule has 2 heteroatoms. The van der Waals surface area contributed by atoms with Crippen molar-refractivity contribution < 1.29 is 0 Å². The summed E-state index contributed by atoms with van der Waals surface area (Å²) in [5, 5.41) is 3.56. The van der Waals surface area contributed by atoms with Crippen molar-refractivity contribution in [2.75, 3.05) is 27.2 Å². The van der Waals surface area contributed by atoms with E-state index >= 15 is 0 Å². The first-order valence-electron chi connectivity index (χ1n) is 6.30. The Morgan fingerprint density at radius 3 is 2.00 bits per heavy atom. The number of rotatable bonds is 8. The molecule has 1 N–H and O–H groups in total. The molecule has 0 spiro atoms. The van der Waals surface area contributed by atoms with Crippen molar-refractivity contribution in [1.29, 1.82) is 0 Å². The zero-order chi connectivity index (χ0) is 11.8. The highest BCUT2D eigenvalue weighted by Crippen LogP contribution is 2.08. The number of hydrogen-bond acceptors (Lipinski definition) is 2. The topological polar surface area (TPSA) is 15.3 Å². The number of nitrogens with zero attached hydrogens (tertiary/aromatic N) is 1. The predicted molar refractivity (Wildman–Crippen MR) is 69.3 cm³/mol. The van der Waals surface area contributed by atoms with Crippen LogP contribution in [0.1, 0.15) is 40.5 Å². The first-order valence-corrected chi connectivity index (χ1v) is 6.30. The van der Waals surface area contributed by atoms with Crippen LogP contribution in [-0.2, 0) is 0 Å². The standard InChI is InChI=1S/C13H30N2/c1-11(2)7-8-14-10-13(15(5)6)9-12(3)4/h11-14H,7-10H2,1-6H3. The summed E-state index contributed by atoms with van der Waals surface area (Å²) >= 11 is 0. The van der Waals surface area contributed by atoms with Gasteiger partial charge in [0.05, 0.1) is 0 Å². The van der Waals surface area contributed by atoms with Crippen LogP contribution in [-0.4, -0.2) is 38.1 Å². The quantitative estimate of drug-likeness (QED) is 0.625. The van der Waals surface area contributed by atoms with E-state index in [4.69, 9.17) is 0 Å². The van der Waals surface area contributed by atoms with Crippen LogP contribution >= 0.6 is 0 Å². The Hall–Kier alpha value is -0.0800. The third kappa shape index (κ3) is 8.88. The van der Waals surface area contributed by atoms with Gasteiger partial charge in [0.15, 0.2) is 0 Å². The van der Waals surface area contributed by atoms with Gasteiger partial charge in [-0.15, -0.1) is 0 Å². The predicted octanol–water partition coefficient (Wildman–Crippen LogP) is 2.60. The Balaban J connectivity index is 3.67. The van der Waals surface area contributed by atoms with Crippen LogP contribution in [0.4, 0.5) is 0 Å². The number of nitrogens with one attached hydrogen (secondary N) is 1. The maximum absolute atomic E-state index is 3.56. The lowest BCUT2D eigenvalue weighted by Gasteiger charge is -2.26. The second-order valence-electron chi connectivity index (χ2n) is 5.63. The summed E-state index contributed by atoms with van der Waals surface area (Å²) in [6, 6.07) is 0.678. The molecule has 0 saturated carbocycles. The molecule has 0 fully saturated rings. The van der Waals surface area contributed by atoms with Crippen molar-refractivity contribution in [3.8, 4) is 0 Å². The SMILES string of the molecule is CC(C)CCNCC(CC(C)C)N(C)C. The highest BCUT2D eigenvalue weighted by Gasteiger charge is 2.12. The minimum absolute atomic E-state index is 0.678. The molecule has 15 heavy (non-hydrogen) atoms. The summed E-state index contributed by atoms with van der Waals surface area (Å²) in [6.45, 7) is 11.4. The monoisotopic (exact) mass is 214 g/mol. The van der Waals surface area contributed by atoms with E-state index in [2.05, 4.69) is 52.0 Å². The normalized spacial score (nSPS) is 14.2. The average Bonchev–Trinajstić information content (AvgIpc) is 2.08. The molecule has 0 aliphatic carbocycles. The summed E-state index contributed by atoms with van der Waals surface area (Å²) in [7, 11) is 4.36. The Bertz CT molecular complexity index is 141. The van der Waals surface area contributed by atoms with E-state index in [1.807, 2.05) is 0 Å². The van der Waals surface area contributed by atoms with Crippen LogP contribution in [0.2, 0.25) is 0 Å². The van der Waals surface area contributed by atoms with E-state index in [9.17, 15) is 0 Å². The van der Waals surface area contributed by atoms with Gasteiger partial charge in [-0.05, 0) is 45.3 Å². The first kappa shape index (κ1) is 14.9. The molecule has 1 atom stereocenters. The first-order chi connectivity index (χ1) is 6.93. The summed E-state index contributed by atoms with van der Waals surface area (Å²) in [4.78, 5) is 2.34. The molecular formula is C13H30N2. The van der Waals surface area contributed by atoms with Crippen LogP contribution in [0.25, 0.3) is 0 Å². The molecule has 0 aliphatic rings. The van der Waals surface area contributed by atoms with Gasteiger partial charge in [-0.1, -0.05) is 27.7 Å². The van der Waals surface area contributed by atoms with Crippen molar-refractivity contribution >= 4 is 0 Å². The van der Waals surface area contributed by atoms with Crippen LogP contribution in [0, 0.1) is 11.8 Å². The van der Waals surface area contributed by atoms with E-state index in [0.717, 1.165) is 24.9 Å². The third-order valence-corrected chi connectivity index (χ3v) is 2.75. The van der Waals surface area contributed by atoms with Gasteiger partial charge in [-0.3, -0.25) is 0 Å². The summed E-state index contributed by atoms with van der Waals surface area (Å²) < 4.78 is 0. The van der Waals surface area contributed by atoms with E-state index in [1.54, 1.807) is 0 Å². The van der Waals surface area contributed by atoms with E-state index in [1.165, 1.54) is 12.8 Å². The fraction of sp³-hybridized carbons (Fsp3) is 1.00. The fourth-order valence-electron chi connectivity index (χ4n) is 1.68. The third-order valence-electron chi connectivity index (χ3n) is 2.75. The molecular weight excluding hydrogens is 184 g/mol. The lowest BCUT2D eigenvalue weighted by atomic mass is 10.0. The van der Waals surface area contributed by atoms with Gasteiger partial charge in [0.25, 0.3) is 0 Å². The molecule has 0 aliphatic heterocycles. The molecule has 0 rings (SSSR count). The van der Waals surface area contributed by atoms with Crippen molar-refractivity contribution in [2.45, 2.75) is 46.6 Å². The van der Waals surface area contributed by atoms with Gasteiger partial charge in [0, 0.05) is 12.6 Å². The van der Waals surface area contributed by atoms with E-state index < -0.39 is 0 Å². The maximum atomic E-state index is 3.56. The lowest BCUT2D eigenvalue weighted by Crippen LogP contribution is -2.39. The smallest absolute Gasteiger partial charge is 0.0216 e. The summed E-state index contributed by atoms with van der Waals surface area (Å²) in [5.41, 5.74) is 0. The van der Waals surface area contributed by atoms with Crippen LogP contribution in [0.3, 0.4) is 0 Å². The molecule has 0 heterocycles. The van der Waals surface area contributed by atoms with Gasteiger partial charge in [0.2, 0.25) is 0 Å². The molecule has 0 bridgehead atoms. The van der Waals surface area contributed by atoms with Crippen molar-refractivity contribution in [3.63, 3.8) is 0 Å². The van der Waals surface area contributed by atoms with Crippen molar-refractivity contribution in [2.24, 2.45) is 11.8 Å². The number of likely N-dealkylation sites (N-methyl/N-ethyl adjacent to an activating group) is 1. The Kier molecular flexibility index (Phi) is 8.07. The maximum Gasteiger partial charge on any atom is 0.0216 e. The molecule has 1 unspecified atom stereocenters. The van der Waals surface area contributed by atoms with Crippen LogP contribution in [0.15, 0.2) is 0 Å². The molecule has 0 amide bonds. The minimum Gasteiger partial charge on any atom is -0.315 e. The fourth-order valence-corrected chi connectivity index (χ4v) is 1.68. The molecule has 0 radical (unpaired) electrons. The largest absolute Gasteiger partial charge is 0.315 e. The molecule has 0 saturated heterocycles. The Morgan fingerprint density at radius 1 is 1.00 bits per heavy atom. The Labute approximate surface area is 96.4 Å². The zero-order valence-electron chi connectivity index (χ0n) is 11.5.